The summed E-state index contributed by atoms with van der Waals surface area (Å²) in [5, 5.41) is 3.51. The molecule has 1 aromatic rings. The molecule has 0 aromatic carbocycles. The van der Waals surface area contributed by atoms with Gasteiger partial charge in [0.2, 0.25) is 0 Å². The topological polar surface area (TPSA) is 24.9 Å². The summed E-state index contributed by atoms with van der Waals surface area (Å²) >= 11 is 0. The Morgan fingerprint density at radius 1 is 1.12 bits per heavy atom. The standard InChI is InChI=1S/C14H20N2/c1-2-5-11(4-1)10-15-14-9-8-12-6-3-7-13(12)16-14/h8-9,11H,1-7,10H2,(H,15,16). The number of aryl methyl sites for hydroxylation is 2. The molecule has 0 aliphatic heterocycles. The van der Waals surface area contributed by atoms with Crippen molar-refractivity contribution in [3.05, 3.63) is 23.4 Å². The molecule has 0 unspecified atom stereocenters. The molecule has 1 saturated carbocycles. The van der Waals surface area contributed by atoms with Gasteiger partial charge < -0.3 is 5.32 Å². The van der Waals surface area contributed by atoms with Crippen LogP contribution in [0.4, 0.5) is 5.82 Å². The lowest BCUT2D eigenvalue weighted by Crippen LogP contribution is -2.12. The van der Waals surface area contributed by atoms with Gasteiger partial charge in [-0.25, -0.2) is 4.98 Å². The quantitative estimate of drug-likeness (QED) is 0.839. The molecule has 16 heavy (non-hydrogen) atoms. The van der Waals surface area contributed by atoms with E-state index in [0.717, 1.165) is 18.3 Å². The van der Waals surface area contributed by atoms with Crippen molar-refractivity contribution in [1.82, 2.24) is 4.98 Å². The molecule has 86 valence electrons. The van der Waals surface area contributed by atoms with Gasteiger partial charge in [0.15, 0.2) is 0 Å². The van der Waals surface area contributed by atoms with Crippen LogP contribution in [0.15, 0.2) is 12.1 Å². The molecule has 2 nitrogen and oxygen atoms in total. The third kappa shape index (κ3) is 2.06. The van der Waals surface area contributed by atoms with Gasteiger partial charge in [-0.05, 0) is 49.7 Å². The van der Waals surface area contributed by atoms with Gasteiger partial charge in [0.1, 0.15) is 5.82 Å². The Labute approximate surface area is 97.5 Å². The average molecular weight is 216 g/mol. The second-order valence-electron chi connectivity index (χ2n) is 5.19. The van der Waals surface area contributed by atoms with Gasteiger partial charge in [0.05, 0.1) is 0 Å². The first kappa shape index (κ1) is 10.1. The zero-order chi connectivity index (χ0) is 10.8. The number of rotatable bonds is 3. The Bertz CT molecular complexity index is 367. The van der Waals surface area contributed by atoms with Gasteiger partial charge >= 0.3 is 0 Å². The van der Waals surface area contributed by atoms with Gasteiger partial charge in [-0.15, -0.1) is 0 Å². The number of hydrogen-bond donors (Lipinski definition) is 1. The number of pyridine rings is 1. The van der Waals surface area contributed by atoms with Crippen LogP contribution >= 0.6 is 0 Å². The van der Waals surface area contributed by atoms with E-state index < -0.39 is 0 Å². The summed E-state index contributed by atoms with van der Waals surface area (Å²) in [6.07, 6.45) is 9.33. The zero-order valence-corrected chi connectivity index (χ0v) is 9.84. The van der Waals surface area contributed by atoms with E-state index in [0.29, 0.717) is 0 Å². The van der Waals surface area contributed by atoms with Crippen molar-refractivity contribution in [2.45, 2.75) is 44.9 Å². The Balaban J connectivity index is 1.61. The summed E-state index contributed by atoms with van der Waals surface area (Å²) < 4.78 is 0. The van der Waals surface area contributed by atoms with Crippen LogP contribution in [-0.2, 0) is 12.8 Å². The highest BCUT2D eigenvalue weighted by molar-refractivity contribution is 5.40. The first-order valence-corrected chi connectivity index (χ1v) is 6.64. The molecule has 1 aromatic heterocycles. The van der Waals surface area contributed by atoms with E-state index in [-0.39, 0.29) is 0 Å². The fraction of sp³-hybridized carbons (Fsp3) is 0.643. The van der Waals surface area contributed by atoms with Crippen LogP contribution in [-0.4, -0.2) is 11.5 Å². The lowest BCUT2D eigenvalue weighted by Gasteiger charge is -2.11. The van der Waals surface area contributed by atoms with Crippen LogP contribution in [0.5, 0.6) is 0 Å². The summed E-state index contributed by atoms with van der Waals surface area (Å²) in [4.78, 5) is 4.70. The zero-order valence-electron chi connectivity index (χ0n) is 9.84. The average Bonchev–Trinajstić information content (AvgIpc) is 2.97. The first-order valence-electron chi connectivity index (χ1n) is 6.64. The number of fused-ring (bicyclic) bond motifs is 1. The molecule has 2 aliphatic rings. The Morgan fingerprint density at radius 2 is 2.00 bits per heavy atom. The molecular weight excluding hydrogens is 196 g/mol. The molecule has 3 rings (SSSR count). The summed E-state index contributed by atoms with van der Waals surface area (Å²) in [6, 6.07) is 4.41. The van der Waals surface area contributed by atoms with Crippen LogP contribution in [0.25, 0.3) is 0 Å². The van der Waals surface area contributed by atoms with Crippen molar-refractivity contribution in [3.8, 4) is 0 Å². The maximum Gasteiger partial charge on any atom is 0.126 e. The van der Waals surface area contributed by atoms with Gasteiger partial charge in [0, 0.05) is 12.2 Å². The monoisotopic (exact) mass is 216 g/mol. The SMILES string of the molecule is c1cc2c(nc1NCC1CCCC1)CCC2. The Hall–Kier alpha value is -1.05. The number of hydrogen-bond acceptors (Lipinski definition) is 2. The molecule has 0 saturated heterocycles. The summed E-state index contributed by atoms with van der Waals surface area (Å²) in [5.74, 6) is 1.97. The smallest absolute Gasteiger partial charge is 0.126 e. The van der Waals surface area contributed by atoms with E-state index in [1.807, 2.05) is 0 Å². The Morgan fingerprint density at radius 3 is 2.88 bits per heavy atom. The number of nitrogens with zero attached hydrogens (tertiary/aromatic N) is 1. The molecule has 1 N–H and O–H groups in total. The van der Waals surface area contributed by atoms with E-state index in [1.54, 1.807) is 0 Å². The van der Waals surface area contributed by atoms with Crippen molar-refractivity contribution >= 4 is 5.82 Å². The summed E-state index contributed by atoms with van der Waals surface area (Å²) in [7, 11) is 0. The van der Waals surface area contributed by atoms with Gasteiger partial charge in [-0.3, -0.25) is 0 Å². The predicted molar refractivity (Wildman–Crippen MR) is 66.7 cm³/mol. The molecule has 0 spiro atoms. The Kier molecular flexibility index (Phi) is 2.81. The molecule has 1 fully saturated rings. The second-order valence-corrected chi connectivity index (χ2v) is 5.19. The molecule has 2 heteroatoms. The first-order chi connectivity index (χ1) is 7.92. The van der Waals surface area contributed by atoms with Crippen LogP contribution in [0.3, 0.4) is 0 Å². The summed E-state index contributed by atoms with van der Waals surface area (Å²) in [5.41, 5.74) is 2.79. The lowest BCUT2D eigenvalue weighted by molar-refractivity contribution is 0.579. The number of aromatic nitrogens is 1. The van der Waals surface area contributed by atoms with Crippen LogP contribution in [0.2, 0.25) is 0 Å². The van der Waals surface area contributed by atoms with Gasteiger partial charge in [0.25, 0.3) is 0 Å². The van der Waals surface area contributed by atoms with Crippen LogP contribution < -0.4 is 5.32 Å². The minimum atomic E-state index is 0.884. The molecule has 0 amide bonds. The highest BCUT2D eigenvalue weighted by Crippen LogP contribution is 2.25. The predicted octanol–water partition coefficient (Wildman–Crippen LogP) is 3.17. The normalized spacial score (nSPS) is 20.0. The van der Waals surface area contributed by atoms with Gasteiger partial charge in [-0.1, -0.05) is 18.9 Å². The van der Waals surface area contributed by atoms with Crippen molar-refractivity contribution < 1.29 is 0 Å². The van der Waals surface area contributed by atoms with Gasteiger partial charge in [-0.2, -0.15) is 0 Å². The van der Waals surface area contributed by atoms with Crippen molar-refractivity contribution in [3.63, 3.8) is 0 Å². The third-order valence-corrected chi connectivity index (χ3v) is 3.97. The van der Waals surface area contributed by atoms with Crippen LogP contribution in [0, 0.1) is 5.92 Å². The number of anilines is 1. The van der Waals surface area contributed by atoms with E-state index in [4.69, 9.17) is 4.98 Å². The molecule has 2 aliphatic carbocycles. The van der Waals surface area contributed by atoms with E-state index in [9.17, 15) is 0 Å². The molecule has 0 bridgehead atoms. The van der Waals surface area contributed by atoms with Crippen molar-refractivity contribution in [2.24, 2.45) is 5.92 Å². The molecule has 1 heterocycles. The minimum absolute atomic E-state index is 0.884. The minimum Gasteiger partial charge on any atom is -0.370 e. The maximum atomic E-state index is 4.70. The van der Waals surface area contributed by atoms with Crippen molar-refractivity contribution in [1.29, 1.82) is 0 Å². The highest BCUT2D eigenvalue weighted by Gasteiger charge is 2.16. The molecular formula is C14H20N2. The van der Waals surface area contributed by atoms with E-state index in [1.165, 1.54) is 56.2 Å². The number of nitrogens with one attached hydrogen (secondary N) is 1. The lowest BCUT2D eigenvalue weighted by atomic mass is 10.1. The van der Waals surface area contributed by atoms with E-state index in [2.05, 4.69) is 17.4 Å². The largest absolute Gasteiger partial charge is 0.370 e. The van der Waals surface area contributed by atoms with Crippen LogP contribution in [0.1, 0.15) is 43.4 Å². The fourth-order valence-corrected chi connectivity index (χ4v) is 2.98. The molecule has 0 atom stereocenters. The third-order valence-electron chi connectivity index (χ3n) is 3.97. The maximum absolute atomic E-state index is 4.70. The molecule has 0 radical (unpaired) electrons. The second kappa shape index (κ2) is 4.44. The highest BCUT2D eigenvalue weighted by atomic mass is 15.0. The summed E-state index contributed by atoms with van der Waals surface area (Å²) in [6.45, 7) is 1.12. The van der Waals surface area contributed by atoms with E-state index >= 15 is 0 Å². The van der Waals surface area contributed by atoms with Crippen molar-refractivity contribution in [2.75, 3.05) is 11.9 Å². The fourth-order valence-electron chi connectivity index (χ4n) is 2.98.